The van der Waals surface area contributed by atoms with Gasteiger partial charge < -0.3 is 26.4 Å². The van der Waals surface area contributed by atoms with Gasteiger partial charge in [0.1, 0.15) is 18.3 Å². The van der Waals surface area contributed by atoms with Gasteiger partial charge in [-0.25, -0.2) is 4.57 Å². The molecule has 11 nitrogen and oxygen atoms in total. The molecule has 63 heavy (non-hydrogen) atoms. The van der Waals surface area contributed by atoms with Crippen LogP contribution in [0.4, 0.5) is 5.69 Å². The summed E-state index contributed by atoms with van der Waals surface area (Å²) in [6.45, 7) is 5.59. The molecule has 5 rings (SSSR count). The SMILES string of the molecule is Cc1cc(/C=C/C=C/c2ccc(N(C)C)cc2)cc(C)[n+]1CCCCCC(=O)NC(N)=NCCC[C@@H](NC(=O)C(c1ccccc1)c1ccccc1)C(=O)NCc1ccc(O)cc1. The number of carbonyl (C=O) groups is 3. The third-order valence-electron chi connectivity index (χ3n) is 10.8. The molecule has 0 aliphatic heterocycles. The number of anilines is 1. The molecule has 0 bridgehead atoms. The first-order valence-electron chi connectivity index (χ1n) is 21.7. The number of aromatic nitrogens is 1. The Morgan fingerprint density at radius 2 is 1.35 bits per heavy atom. The number of hydrogen-bond donors (Lipinski definition) is 5. The van der Waals surface area contributed by atoms with Crippen LogP contribution in [0.2, 0.25) is 0 Å². The molecule has 0 radical (unpaired) electrons. The van der Waals surface area contributed by atoms with Gasteiger partial charge in [-0.2, -0.15) is 0 Å². The number of allylic oxidation sites excluding steroid dienone is 2. The summed E-state index contributed by atoms with van der Waals surface area (Å²) in [7, 11) is 4.07. The van der Waals surface area contributed by atoms with Crippen LogP contribution < -0.4 is 31.2 Å². The fourth-order valence-electron chi connectivity index (χ4n) is 7.33. The van der Waals surface area contributed by atoms with Gasteiger partial charge in [-0.05, 0) is 77.8 Å². The van der Waals surface area contributed by atoms with Crippen LogP contribution in [0.5, 0.6) is 5.75 Å². The van der Waals surface area contributed by atoms with Gasteiger partial charge in [0.15, 0.2) is 17.3 Å². The van der Waals surface area contributed by atoms with Crippen molar-refractivity contribution in [3.63, 3.8) is 0 Å². The largest absolute Gasteiger partial charge is 0.508 e. The van der Waals surface area contributed by atoms with E-state index >= 15 is 0 Å². The lowest BCUT2D eigenvalue weighted by Crippen LogP contribution is -2.48. The van der Waals surface area contributed by atoms with Crippen molar-refractivity contribution in [2.24, 2.45) is 10.7 Å². The summed E-state index contributed by atoms with van der Waals surface area (Å²) in [5.74, 6) is -1.31. The smallest absolute Gasteiger partial charge is 0.242 e. The van der Waals surface area contributed by atoms with E-state index in [4.69, 9.17) is 5.73 Å². The zero-order chi connectivity index (χ0) is 45.0. The standard InChI is InChI=1S/C52H61N7O4/c1-38-35-42(18-14-13-17-40-25-29-45(30-26-40)58(3)4)36-39(2)59(38)34-15-7-12-24-48(61)57-52(53)54-33-16-23-47(50(62)55-37-41-27-31-46(60)32-28-41)56-51(63)49(43-19-8-5-9-20-43)44-21-10-6-11-22-44/h5-6,8-11,13-14,17-22,25-32,35-36,47,49H,7,12,15-16,23-24,33-34,37H2,1-4H3,(H5-,53,54,55,56,57,60,61,62,63)/p+1/t47-/m1/s1. The van der Waals surface area contributed by atoms with Crippen molar-refractivity contribution in [3.05, 3.63) is 173 Å². The number of nitrogens with zero attached hydrogens (tertiary/aromatic N) is 3. The Kier molecular flexibility index (Phi) is 18.2. The van der Waals surface area contributed by atoms with Crippen LogP contribution in [-0.2, 0) is 27.5 Å². The number of aryl methyl sites for hydroxylation is 2. The number of nitrogens with one attached hydrogen (secondary N) is 3. The normalized spacial score (nSPS) is 12.1. The topological polar surface area (TPSA) is 153 Å². The maximum absolute atomic E-state index is 13.9. The first-order chi connectivity index (χ1) is 30.5. The molecule has 1 aromatic heterocycles. The Labute approximate surface area is 372 Å². The van der Waals surface area contributed by atoms with Gasteiger partial charge in [0.25, 0.3) is 0 Å². The number of guanidine groups is 1. The predicted molar refractivity (Wildman–Crippen MR) is 254 cm³/mol. The minimum atomic E-state index is -0.860. The summed E-state index contributed by atoms with van der Waals surface area (Å²) in [6, 6.07) is 37.5. The third-order valence-corrected chi connectivity index (χ3v) is 10.8. The van der Waals surface area contributed by atoms with Crippen LogP contribution in [-0.4, -0.2) is 55.5 Å². The molecule has 1 atom stereocenters. The number of aromatic hydroxyl groups is 1. The van der Waals surface area contributed by atoms with Crippen molar-refractivity contribution in [1.82, 2.24) is 16.0 Å². The molecule has 0 saturated heterocycles. The predicted octanol–water partition coefficient (Wildman–Crippen LogP) is 7.49. The van der Waals surface area contributed by atoms with E-state index in [2.05, 4.69) is 105 Å². The second-order valence-electron chi connectivity index (χ2n) is 15.9. The van der Waals surface area contributed by atoms with Crippen molar-refractivity contribution >= 4 is 41.5 Å². The van der Waals surface area contributed by atoms with E-state index in [-0.39, 0.29) is 48.9 Å². The van der Waals surface area contributed by atoms with Gasteiger partial charge in [-0.1, -0.05) is 109 Å². The first kappa shape index (κ1) is 47.0. The molecule has 0 spiro atoms. The molecule has 3 amide bonds. The van der Waals surface area contributed by atoms with E-state index in [9.17, 15) is 19.5 Å². The highest BCUT2D eigenvalue weighted by Gasteiger charge is 2.28. The van der Waals surface area contributed by atoms with Gasteiger partial charge in [0, 0.05) is 71.7 Å². The van der Waals surface area contributed by atoms with Crippen molar-refractivity contribution in [2.45, 2.75) is 77.4 Å². The number of nitrogens with two attached hydrogens (primary N) is 1. The lowest BCUT2D eigenvalue weighted by atomic mass is 9.90. The van der Waals surface area contributed by atoms with E-state index in [1.165, 1.54) is 17.1 Å². The first-order valence-corrected chi connectivity index (χ1v) is 21.7. The van der Waals surface area contributed by atoms with Gasteiger partial charge in [0.05, 0.1) is 5.92 Å². The highest BCUT2D eigenvalue weighted by atomic mass is 16.3. The molecule has 0 aliphatic rings. The maximum atomic E-state index is 13.9. The molecule has 0 fully saturated rings. The van der Waals surface area contributed by atoms with Gasteiger partial charge in [0.2, 0.25) is 17.7 Å². The minimum Gasteiger partial charge on any atom is -0.508 e. The summed E-state index contributed by atoms with van der Waals surface area (Å²) in [6.07, 6.45) is 11.9. The highest BCUT2D eigenvalue weighted by molar-refractivity contribution is 5.96. The van der Waals surface area contributed by atoms with Crippen molar-refractivity contribution in [1.29, 1.82) is 0 Å². The number of aliphatic imine (C=N–C) groups is 1. The Morgan fingerprint density at radius 1 is 0.746 bits per heavy atom. The Morgan fingerprint density at radius 3 is 1.95 bits per heavy atom. The molecular weight excluding hydrogens is 787 g/mol. The van der Waals surface area contributed by atoms with E-state index in [1.807, 2.05) is 74.8 Å². The fourth-order valence-corrected chi connectivity index (χ4v) is 7.33. The van der Waals surface area contributed by atoms with Crippen molar-refractivity contribution in [2.75, 3.05) is 25.5 Å². The number of benzene rings is 4. The van der Waals surface area contributed by atoms with Crippen LogP contribution in [0, 0.1) is 13.8 Å². The number of phenols is 1. The Balaban J connectivity index is 1.07. The number of rotatable bonds is 21. The van der Waals surface area contributed by atoms with Crippen molar-refractivity contribution in [3.8, 4) is 5.75 Å². The summed E-state index contributed by atoms with van der Waals surface area (Å²) >= 11 is 0. The molecule has 0 saturated carbocycles. The van der Waals surface area contributed by atoms with Gasteiger partial charge >= 0.3 is 0 Å². The van der Waals surface area contributed by atoms with Crippen LogP contribution in [0.3, 0.4) is 0 Å². The van der Waals surface area contributed by atoms with E-state index in [0.717, 1.165) is 53.6 Å². The molecule has 5 aromatic rings. The summed E-state index contributed by atoms with van der Waals surface area (Å²) in [5, 5.41) is 18.3. The molecule has 6 N–H and O–H groups in total. The average Bonchev–Trinajstić information content (AvgIpc) is 3.27. The summed E-state index contributed by atoms with van der Waals surface area (Å²) < 4.78 is 2.31. The second-order valence-corrected chi connectivity index (χ2v) is 15.9. The van der Waals surface area contributed by atoms with Gasteiger partial charge in [-0.15, -0.1) is 0 Å². The molecule has 1 heterocycles. The second kappa shape index (κ2) is 24.4. The van der Waals surface area contributed by atoms with Crippen LogP contribution in [0.15, 0.2) is 138 Å². The lowest BCUT2D eigenvalue weighted by Gasteiger charge is -2.23. The summed E-state index contributed by atoms with van der Waals surface area (Å²) in [4.78, 5) is 46.7. The molecule has 4 aromatic carbocycles. The molecule has 328 valence electrons. The fraction of sp³-hybridized carbons (Fsp3) is 0.288. The Bertz CT molecular complexity index is 2260. The summed E-state index contributed by atoms with van der Waals surface area (Å²) in [5.41, 5.74) is 14.4. The minimum absolute atomic E-state index is 0.0238. The zero-order valence-electron chi connectivity index (χ0n) is 37.0. The quantitative estimate of drug-likeness (QED) is 0.0170. The third kappa shape index (κ3) is 15.4. The van der Waals surface area contributed by atoms with E-state index in [1.54, 1.807) is 24.3 Å². The highest BCUT2D eigenvalue weighted by Crippen LogP contribution is 2.25. The van der Waals surface area contributed by atoms with E-state index < -0.39 is 12.0 Å². The number of pyridine rings is 1. The number of carbonyl (C=O) groups excluding carboxylic acids is 3. The molecular formula is C52H62N7O4+. The molecule has 0 aliphatic carbocycles. The van der Waals surface area contributed by atoms with Crippen molar-refractivity contribution < 1.29 is 24.1 Å². The van der Waals surface area contributed by atoms with Crippen LogP contribution in [0.1, 0.15) is 83.6 Å². The number of amides is 3. The zero-order valence-corrected chi connectivity index (χ0v) is 37.0. The monoisotopic (exact) mass is 848 g/mol. The number of hydrogen-bond acceptors (Lipinski definition) is 6. The van der Waals surface area contributed by atoms with Crippen LogP contribution in [0.25, 0.3) is 12.2 Å². The lowest BCUT2D eigenvalue weighted by molar-refractivity contribution is -0.709. The molecule has 0 unspecified atom stereocenters. The van der Waals surface area contributed by atoms with Gasteiger partial charge in [-0.3, -0.25) is 24.7 Å². The van der Waals surface area contributed by atoms with Crippen LogP contribution >= 0.6 is 0 Å². The number of phenolic OH excluding ortho intramolecular Hbond substituents is 1. The maximum Gasteiger partial charge on any atom is 0.242 e. The molecule has 11 heteroatoms. The Hall–Kier alpha value is -7.01. The van der Waals surface area contributed by atoms with E-state index in [0.29, 0.717) is 12.8 Å². The average molecular weight is 849 g/mol. The number of unbranched alkanes of at least 4 members (excludes halogenated alkanes) is 2.